The van der Waals surface area contributed by atoms with Gasteiger partial charge in [0.25, 0.3) is 0 Å². The monoisotopic (exact) mass is 414 g/mol. The number of guanidine groups is 1. The van der Waals surface area contributed by atoms with Crippen molar-refractivity contribution in [2.75, 3.05) is 13.1 Å². The van der Waals surface area contributed by atoms with Crippen LogP contribution in [-0.4, -0.2) is 27.5 Å². The Bertz CT molecular complexity index is 644. The van der Waals surface area contributed by atoms with Crippen LogP contribution in [0.2, 0.25) is 0 Å². The second kappa shape index (κ2) is 10.8. The number of rotatable bonds is 6. The van der Waals surface area contributed by atoms with Crippen LogP contribution in [0.5, 0.6) is 0 Å². The molecule has 6 nitrogen and oxygen atoms in total. The van der Waals surface area contributed by atoms with E-state index in [2.05, 4.69) is 9.71 Å². The highest BCUT2D eigenvalue weighted by Gasteiger charge is 2.23. The molecule has 0 aromatic heterocycles. The van der Waals surface area contributed by atoms with Crippen molar-refractivity contribution in [1.82, 2.24) is 4.72 Å². The summed E-state index contributed by atoms with van der Waals surface area (Å²) in [7, 11) is -3.58. The summed E-state index contributed by atoms with van der Waals surface area (Å²) < 4.78 is 39.8. The third kappa shape index (κ3) is 7.77. The first kappa shape index (κ1) is 23.9. The summed E-state index contributed by atoms with van der Waals surface area (Å²) in [6.45, 7) is 1.03. The van der Waals surface area contributed by atoms with Crippen molar-refractivity contribution >= 4 is 40.8 Å². The van der Waals surface area contributed by atoms with Gasteiger partial charge in [0.2, 0.25) is 10.0 Å². The zero-order valence-electron chi connectivity index (χ0n) is 13.7. The first-order valence-electron chi connectivity index (χ1n) is 7.67. The number of benzene rings is 1. The van der Waals surface area contributed by atoms with E-state index < -0.39 is 15.8 Å². The SMILES string of the molecule is Cl.Cl.NC(N)=NCC1CCC(CNS(=O)(=O)c2ccc(F)cc2)CC1. The van der Waals surface area contributed by atoms with Crippen molar-refractivity contribution in [2.45, 2.75) is 30.6 Å². The molecule has 0 spiro atoms. The summed E-state index contributed by atoms with van der Waals surface area (Å²) in [6.07, 6.45) is 3.85. The Labute approximate surface area is 160 Å². The molecule has 0 heterocycles. The number of nitrogens with zero attached hydrogens (tertiary/aromatic N) is 1. The minimum absolute atomic E-state index is 0. The molecule has 0 aliphatic heterocycles. The Balaban J connectivity index is 0.00000288. The fourth-order valence-electron chi connectivity index (χ4n) is 2.78. The van der Waals surface area contributed by atoms with Gasteiger partial charge in [0.05, 0.1) is 4.90 Å². The third-order valence-corrected chi connectivity index (χ3v) is 5.62. The molecule has 1 aromatic carbocycles. The number of aliphatic imine (C=N–C) groups is 1. The molecule has 0 unspecified atom stereocenters. The maximum absolute atomic E-state index is 12.9. The van der Waals surface area contributed by atoms with Gasteiger partial charge in [-0.25, -0.2) is 17.5 Å². The highest BCUT2D eigenvalue weighted by atomic mass is 35.5. The molecule has 25 heavy (non-hydrogen) atoms. The summed E-state index contributed by atoms with van der Waals surface area (Å²) in [5, 5.41) is 0. The van der Waals surface area contributed by atoms with Crippen LogP contribution in [0.1, 0.15) is 25.7 Å². The first-order valence-corrected chi connectivity index (χ1v) is 9.16. The number of sulfonamides is 1. The first-order chi connectivity index (χ1) is 10.9. The largest absolute Gasteiger partial charge is 0.370 e. The van der Waals surface area contributed by atoms with Crippen molar-refractivity contribution in [3.8, 4) is 0 Å². The van der Waals surface area contributed by atoms with Gasteiger partial charge in [-0.1, -0.05) is 0 Å². The summed E-state index contributed by atoms with van der Waals surface area (Å²) in [4.78, 5) is 4.12. The molecular weight excluding hydrogens is 390 g/mol. The minimum atomic E-state index is -3.58. The standard InChI is InChI=1S/C15H23FN4O2S.2ClH/c16-13-5-7-14(8-6-13)23(21,22)20-10-12-3-1-11(2-4-12)9-19-15(17)18;;/h5-8,11-12,20H,1-4,9-10H2,(H4,17,18,19);2*1H. The lowest BCUT2D eigenvalue weighted by Gasteiger charge is -2.27. The molecular formula is C15H25Cl2FN4O2S. The number of nitrogens with one attached hydrogen (secondary N) is 1. The molecule has 10 heteroatoms. The lowest BCUT2D eigenvalue weighted by Crippen LogP contribution is -2.32. The van der Waals surface area contributed by atoms with Crippen LogP contribution in [0, 0.1) is 17.7 Å². The molecule has 0 amide bonds. The molecule has 1 aliphatic rings. The summed E-state index contributed by atoms with van der Waals surface area (Å²) in [6, 6.07) is 4.82. The fourth-order valence-corrected chi connectivity index (χ4v) is 3.89. The van der Waals surface area contributed by atoms with Crippen LogP contribution in [0.25, 0.3) is 0 Å². The van der Waals surface area contributed by atoms with E-state index in [-0.39, 0.29) is 35.7 Å². The topological polar surface area (TPSA) is 111 Å². The number of hydrogen-bond donors (Lipinski definition) is 3. The van der Waals surface area contributed by atoms with Crippen molar-refractivity contribution in [2.24, 2.45) is 28.3 Å². The predicted molar refractivity (Wildman–Crippen MR) is 102 cm³/mol. The van der Waals surface area contributed by atoms with E-state index in [9.17, 15) is 12.8 Å². The van der Waals surface area contributed by atoms with Crippen molar-refractivity contribution in [3.63, 3.8) is 0 Å². The molecule has 1 aromatic rings. The van der Waals surface area contributed by atoms with E-state index in [4.69, 9.17) is 11.5 Å². The molecule has 0 saturated heterocycles. The molecule has 1 aliphatic carbocycles. The zero-order chi connectivity index (χ0) is 16.9. The van der Waals surface area contributed by atoms with Crippen molar-refractivity contribution in [3.05, 3.63) is 30.1 Å². The molecule has 5 N–H and O–H groups in total. The second-order valence-corrected chi connectivity index (χ2v) is 7.73. The molecule has 144 valence electrons. The van der Waals surface area contributed by atoms with E-state index >= 15 is 0 Å². The second-order valence-electron chi connectivity index (χ2n) is 5.96. The van der Waals surface area contributed by atoms with Crippen molar-refractivity contribution in [1.29, 1.82) is 0 Å². The van der Waals surface area contributed by atoms with Gasteiger partial charge in [-0.05, 0) is 61.8 Å². The van der Waals surface area contributed by atoms with Crippen LogP contribution in [-0.2, 0) is 10.0 Å². The van der Waals surface area contributed by atoms with Gasteiger partial charge in [-0.3, -0.25) is 4.99 Å². The average molecular weight is 415 g/mol. The number of hydrogen-bond acceptors (Lipinski definition) is 3. The zero-order valence-corrected chi connectivity index (χ0v) is 16.2. The third-order valence-electron chi connectivity index (χ3n) is 4.18. The van der Waals surface area contributed by atoms with E-state index in [1.165, 1.54) is 12.1 Å². The van der Waals surface area contributed by atoms with E-state index in [0.717, 1.165) is 37.8 Å². The van der Waals surface area contributed by atoms with Gasteiger partial charge in [-0.15, -0.1) is 24.8 Å². The van der Waals surface area contributed by atoms with Crippen molar-refractivity contribution < 1.29 is 12.8 Å². The smallest absolute Gasteiger partial charge is 0.240 e. The van der Waals surface area contributed by atoms with Gasteiger partial charge < -0.3 is 11.5 Å². The Kier molecular flexibility index (Phi) is 10.3. The number of halogens is 3. The van der Waals surface area contributed by atoms with Crippen LogP contribution in [0.4, 0.5) is 4.39 Å². The van der Waals surface area contributed by atoms with E-state index in [1.807, 2.05) is 0 Å². The maximum Gasteiger partial charge on any atom is 0.240 e. The normalized spacial score (nSPS) is 20.0. The van der Waals surface area contributed by atoms with Crippen LogP contribution in [0.3, 0.4) is 0 Å². The van der Waals surface area contributed by atoms with Crippen LogP contribution < -0.4 is 16.2 Å². The predicted octanol–water partition coefficient (Wildman–Crippen LogP) is 2.03. The van der Waals surface area contributed by atoms with E-state index in [1.54, 1.807) is 0 Å². The van der Waals surface area contributed by atoms with Gasteiger partial charge in [0, 0.05) is 13.1 Å². The molecule has 0 radical (unpaired) electrons. The quantitative estimate of drug-likeness (QED) is 0.488. The Morgan fingerprint density at radius 1 is 1.08 bits per heavy atom. The lowest BCUT2D eigenvalue weighted by atomic mass is 9.82. The minimum Gasteiger partial charge on any atom is -0.370 e. The summed E-state index contributed by atoms with van der Waals surface area (Å²) in [5.74, 6) is 0.421. The molecule has 2 rings (SSSR count). The Morgan fingerprint density at radius 3 is 2.12 bits per heavy atom. The van der Waals surface area contributed by atoms with Crippen LogP contribution in [0.15, 0.2) is 34.2 Å². The Morgan fingerprint density at radius 2 is 1.60 bits per heavy atom. The number of nitrogens with two attached hydrogens (primary N) is 2. The average Bonchev–Trinajstić information content (AvgIpc) is 2.52. The molecule has 1 fully saturated rings. The fraction of sp³-hybridized carbons (Fsp3) is 0.533. The van der Waals surface area contributed by atoms with E-state index in [0.29, 0.717) is 24.9 Å². The maximum atomic E-state index is 12.9. The summed E-state index contributed by atoms with van der Waals surface area (Å²) in [5.41, 5.74) is 10.6. The molecule has 1 saturated carbocycles. The molecule has 0 bridgehead atoms. The lowest BCUT2D eigenvalue weighted by molar-refractivity contribution is 0.280. The highest BCUT2D eigenvalue weighted by molar-refractivity contribution is 7.89. The highest BCUT2D eigenvalue weighted by Crippen LogP contribution is 2.28. The van der Waals surface area contributed by atoms with Crippen LogP contribution >= 0.6 is 24.8 Å². The van der Waals surface area contributed by atoms with Gasteiger partial charge in [-0.2, -0.15) is 0 Å². The van der Waals surface area contributed by atoms with Gasteiger partial charge in [0.15, 0.2) is 5.96 Å². The van der Waals surface area contributed by atoms with Gasteiger partial charge in [0.1, 0.15) is 5.82 Å². The molecule has 0 atom stereocenters. The Hall–Kier alpha value is -1.09. The summed E-state index contributed by atoms with van der Waals surface area (Å²) >= 11 is 0. The van der Waals surface area contributed by atoms with Gasteiger partial charge >= 0.3 is 0 Å².